The number of hydrogen-bond donors (Lipinski definition) is 3. The van der Waals surface area contributed by atoms with Crippen molar-refractivity contribution in [1.82, 2.24) is 19.8 Å². The second kappa shape index (κ2) is 10.8. The van der Waals surface area contributed by atoms with Gasteiger partial charge in [0.15, 0.2) is 0 Å². The number of aromatic nitrogens is 3. The van der Waals surface area contributed by atoms with Crippen LogP contribution in [0.25, 0.3) is 0 Å². The Hall–Kier alpha value is -4.28. The molecular formula is C24H30N6O5. The van der Waals surface area contributed by atoms with Crippen LogP contribution in [0, 0.1) is 0 Å². The Morgan fingerprint density at radius 2 is 1.83 bits per heavy atom. The topological polar surface area (TPSA) is 129 Å². The lowest BCUT2D eigenvalue weighted by molar-refractivity contribution is -0.118. The highest BCUT2D eigenvalue weighted by Gasteiger charge is 2.22. The Bertz CT molecular complexity index is 1180. The number of nitrogens with zero attached hydrogens (tertiary/aromatic N) is 3. The summed E-state index contributed by atoms with van der Waals surface area (Å²) in [5.41, 5.74) is 3.63. The molecule has 0 saturated carbocycles. The van der Waals surface area contributed by atoms with E-state index in [0.717, 1.165) is 11.3 Å². The molecule has 0 aliphatic heterocycles. The summed E-state index contributed by atoms with van der Waals surface area (Å²) in [5, 5.41) is 9.50. The molecule has 2 aromatic heterocycles. The summed E-state index contributed by atoms with van der Waals surface area (Å²) >= 11 is 0. The van der Waals surface area contributed by atoms with Crippen LogP contribution in [0.3, 0.4) is 0 Å². The second-order valence-corrected chi connectivity index (χ2v) is 8.84. The van der Waals surface area contributed by atoms with E-state index in [2.05, 4.69) is 21.2 Å². The fraction of sp³-hybridized carbons (Fsp3) is 0.333. The van der Waals surface area contributed by atoms with Crippen LogP contribution in [-0.4, -0.2) is 51.1 Å². The number of carbonyl (C=O) groups excluding carboxylic acids is 3. The molecule has 11 nitrogen and oxygen atoms in total. The Kier molecular flexibility index (Phi) is 7.80. The molecule has 3 aromatic rings. The quantitative estimate of drug-likeness (QED) is 0.453. The zero-order chi connectivity index (χ0) is 25.6. The third-order valence-corrected chi connectivity index (χ3v) is 4.73. The minimum Gasteiger partial charge on any atom is -0.497 e. The van der Waals surface area contributed by atoms with Gasteiger partial charge >= 0.3 is 6.09 Å². The standard InChI is InChI=1S/C24H30N6O5/c1-16(26-23(33)35-24(2,3)4)21(31)28-30-12-6-7-20(30)22(32)27-18-13-25-29(15-18)14-17-8-10-19(34-5)11-9-17/h6-13,15-16H,14H2,1-5H3,(H,26,33)(H,27,32)(H,28,31). The van der Waals surface area contributed by atoms with E-state index in [1.165, 1.54) is 17.8 Å². The van der Waals surface area contributed by atoms with E-state index in [0.29, 0.717) is 12.2 Å². The van der Waals surface area contributed by atoms with Gasteiger partial charge in [0.25, 0.3) is 11.8 Å². The van der Waals surface area contributed by atoms with Gasteiger partial charge in [-0.1, -0.05) is 12.1 Å². The smallest absolute Gasteiger partial charge is 0.408 e. The summed E-state index contributed by atoms with van der Waals surface area (Å²) in [6.45, 7) is 7.22. The molecule has 0 spiro atoms. The molecule has 0 saturated heterocycles. The maximum Gasteiger partial charge on any atom is 0.408 e. The SMILES string of the molecule is COc1ccc(Cn2cc(NC(=O)c3cccn3NC(=O)C(C)NC(=O)OC(C)(C)C)cn2)cc1. The highest BCUT2D eigenvalue weighted by atomic mass is 16.6. The molecule has 1 unspecified atom stereocenters. The van der Waals surface area contributed by atoms with Crippen LogP contribution in [0.1, 0.15) is 43.7 Å². The van der Waals surface area contributed by atoms with Crippen LogP contribution in [-0.2, 0) is 16.1 Å². The van der Waals surface area contributed by atoms with E-state index < -0.39 is 29.6 Å². The van der Waals surface area contributed by atoms with Gasteiger partial charge in [-0.2, -0.15) is 5.10 Å². The molecule has 0 aliphatic rings. The largest absolute Gasteiger partial charge is 0.497 e. The summed E-state index contributed by atoms with van der Waals surface area (Å²) in [6, 6.07) is 9.90. The number of anilines is 1. The number of ether oxygens (including phenoxy) is 2. The summed E-state index contributed by atoms with van der Waals surface area (Å²) < 4.78 is 13.3. The van der Waals surface area contributed by atoms with E-state index in [-0.39, 0.29) is 5.69 Å². The molecule has 0 radical (unpaired) electrons. The summed E-state index contributed by atoms with van der Waals surface area (Å²) in [4.78, 5) is 37.2. The summed E-state index contributed by atoms with van der Waals surface area (Å²) in [7, 11) is 1.61. The Labute approximate surface area is 203 Å². The van der Waals surface area contributed by atoms with Crippen molar-refractivity contribution in [2.24, 2.45) is 0 Å². The third-order valence-electron chi connectivity index (χ3n) is 4.73. The van der Waals surface area contributed by atoms with Gasteiger partial charge < -0.3 is 20.1 Å². The van der Waals surface area contributed by atoms with Gasteiger partial charge in [0.2, 0.25) is 0 Å². The van der Waals surface area contributed by atoms with Gasteiger partial charge in [0, 0.05) is 12.4 Å². The van der Waals surface area contributed by atoms with Crippen LogP contribution in [0.5, 0.6) is 5.75 Å². The molecule has 1 aromatic carbocycles. The lowest BCUT2D eigenvalue weighted by Crippen LogP contribution is -2.46. The highest BCUT2D eigenvalue weighted by Crippen LogP contribution is 2.14. The number of carbonyl (C=O) groups is 3. The first kappa shape index (κ1) is 25.3. The van der Waals surface area contributed by atoms with Crippen molar-refractivity contribution in [3.05, 3.63) is 66.2 Å². The molecule has 0 bridgehead atoms. The second-order valence-electron chi connectivity index (χ2n) is 8.84. The predicted molar refractivity (Wildman–Crippen MR) is 130 cm³/mol. The summed E-state index contributed by atoms with van der Waals surface area (Å²) in [5.74, 6) is -0.187. The highest BCUT2D eigenvalue weighted by molar-refractivity contribution is 6.03. The van der Waals surface area contributed by atoms with E-state index in [1.54, 1.807) is 57.1 Å². The van der Waals surface area contributed by atoms with Crippen LogP contribution in [0.15, 0.2) is 55.0 Å². The molecule has 186 valence electrons. The first-order valence-electron chi connectivity index (χ1n) is 11.0. The maximum absolute atomic E-state index is 12.8. The van der Waals surface area contributed by atoms with Gasteiger partial charge in [-0.3, -0.25) is 24.4 Å². The molecule has 3 N–H and O–H groups in total. The molecule has 11 heteroatoms. The van der Waals surface area contributed by atoms with Gasteiger partial charge in [-0.15, -0.1) is 0 Å². The van der Waals surface area contributed by atoms with Crippen LogP contribution in [0.2, 0.25) is 0 Å². The van der Waals surface area contributed by atoms with Crippen molar-refractivity contribution in [1.29, 1.82) is 0 Å². The summed E-state index contributed by atoms with van der Waals surface area (Å²) in [6.07, 6.45) is 4.07. The lowest BCUT2D eigenvalue weighted by atomic mass is 10.2. The number of rotatable bonds is 8. The number of methoxy groups -OCH3 is 1. The van der Waals surface area contributed by atoms with Crippen LogP contribution >= 0.6 is 0 Å². The minimum atomic E-state index is -0.889. The first-order chi connectivity index (χ1) is 16.5. The van der Waals surface area contributed by atoms with Crippen molar-refractivity contribution >= 4 is 23.6 Å². The van der Waals surface area contributed by atoms with Crippen LogP contribution in [0.4, 0.5) is 10.5 Å². The average molecular weight is 483 g/mol. The fourth-order valence-corrected chi connectivity index (χ4v) is 3.06. The van der Waals surface area contributed by atoms with Gasteiger partial charge in [0.1, 0.15) is 23.1 Å². The van der Waals surface area contributed by atoms with Crippen molar-refractivity contribution in [2.75, 3.05) is 17.9 Å². The van der Waals surface area contributed by atoms with Crippen molar-refractivity contribution in [3.63, 3.8) is 0 Å². The molecule has 3 amide bonds. The van der Waals surface area contributed by atoms with Gasteiger partial charge in [-0.25, -0.2) is 4.79 Å². The lowest BCUT2D eigenvalue weighted by Gasteiger charge is -2.22. The van der Waals surface area contributed by atoms with E-state index >= 15 is 0 Å². The predicted octanol–water partition coefficient (Wildman–Crippen LogP) is 2.98. The van der Waals surface area contributed by atoms with E-state index in [4.69, 9.17) is 9.47 Å². The zero-order valence-electron chi connectivity index (χ0n) is 20.4. The van der Waals surface area contributed by atoms with Gasteiger partial charge in [-0.05, 0) is 57.5 Å². The first-order valence-corrected chi connectivity index (χ1v) is 11.0. The normalized spacial score (nSPS) is 11.9. The molecule has 2 heterocycles. The third kappa shape index (κ3) is 7.36. The number of benzene rings is 1. The minimum absolute atomic E-state index is 0.200. The molecule has 1 atom stereocenters. The number of alkyl carbamates (subject to hydrolysis) is 1. The van der Waals surface area contributed by atoms with E-state index in [9.17, 15) is 14.4 Å². The molecular weight excluding hydrogens is 452 g/mol. The van der Waals surface area contributed by atoms with Gasteiger partial charge in [0.05, 0.1) is 25.5 Å². The van der Waals surface area contributed by atoms with E-state index in [1.807, 2.05) is 24.3 Å². The number of amides is 3. The molecule has 35 heavy (non-hydrogen) atoms. The van der Waals surface area contributed by atoms with Crippen LogP contribution < -0.4 is 20.8 Å². The average Bonchev–Trinajstić information content (AvgIpc) is 3.42. The zero-order valence-corrected chi connectivity index (χ0v) is 20.4. The molecule has 3 rings (SSSR count). The molecule has 0 fully saturated rings. The van der Waals surface area contributed by atoms with Crippen molar-refractivity contribution in [3.8, 4) is 5.75 Å². The Morgan fingerprint density at radius 1 is 1.11 bits per heavy atom. The maximum atomic E-state index is 12.8. The monoisotopic (exact) mass is 482 g/mol. The van der Waals surface area contributed by atoms with Crippen molar-refractivity contribution in [2.45, 2.75) is 45.9 Å². The number of hydrogen-bond acceptors (Lipinski definition) is 6. The Balaban J connectivity index is 1.57. The number of nitrogens with one attached hydrogen (secondary N) is 3. The van der Waals surface area contributed by atoms with Crippen molar-refractivity contribution < 1.29 is 23.9 Å². The fourth-order valence-electron chi connectivity index (χ4n) is 3.06. The Morgan fingerprint density at radius 3 is 2.49 bits per heavy atom. The molecule has 0 aliphatic carbocycles.